The summed E-state index contributed by atoms with van der Waals surface area (Å²) < 4.78 is 38.3. The van der Waals surface area contributed by atoms with E-state index in [-0.39, 0.29) is 25.4 Å². The first-order valence-electron chi connectivity index (χ1n) is 8.44. The molecule has 0 aromatic heterocycles. The molecule has 136 valence electrons. The van der Waals surface area contributed by atoms with Gasteiger partial charge in [-0.1, -0.05) is 20.3 Å². The highest BCUT2D eigenvalue weighted by molar-refractivity contribution is 5.74. The van der Waals surface area contributed by atoms with Crippen molar-refractivity contribution in [3.8, 4) is 0 Å². The smallest absolute Gasteiger partial charge is 0.391 e. The molecule has 1 aliphatic rings. The Morgan fingerprint density at radius 2 is 2.00 bits per heavy atom. The van der Waals surface area contributed by atoms with Crippen molar-refractivity contribution in [3.63, 3.8) is 0 Å². The molecule has 1 aliphatic carbocycles. The molecule has 4 nitrogen and oxygen atoms in total. The van der Waals surface area contributed by atoms with Crippen LogP contribution in [0.25, 0.3) is 0 Å². The molecular formula is C16H29F3N2O2. The van der Waals surface area contributed by atoms with Gasteiger partial charge >= 0.3 is 12.2 Å². The topological polar surface area (TPSA) is 61.4 Å². The lowest BCUT2D eigenvalue weighted by molar-refractivity contribution is -0.183. The number of urea groups is 1. The zero-order valence-corrected chi connectivity index (χ0v) is 14.0. The molecule has 2 amide bonds. The lowest BCUT2D eigenvalue weighted by Gasteiger charge is -2.31. The van der Waals surface area contributed by atoms with Crippen LogP contribution in [0, 0.1) is 17.8 Å². The first kappa shape index (κ1) is 20.1. The number of hydrogen-bond acceptors (Lipinski definition) is 2. The summed E-state index contributed by atoms with van der Waals surface area (Å²) >= 11 is 0. The van der Waals surface area contributed by atoms with Crippen molar-refractivity contribution in [1.29, 1.82) is 0 Å². The third-order valence-electron chi connectivity index (χ3n) is 4.37. The van der Waals surface area contributed by atoms with Crippen LogP contribution in [-0.4, -0.2) is 36.5 Å². The van der Waals surface area contributed by atoms with E-state index < -0.39 is 24.2 Å². The van der Waals surface area contributed by atoms with E-state index in [1.165, 1.54) is 0 Å². The average Bonchev–Trinajstić information content (AvgIpc) is 2.44. The van der Waals surface area contributed by atoms with Crippen LogP contribution in [0.15, 0.2) is 0 Å². The van der Waals surface area contributed by atoms with Crippen LogP contribution in [0.4, 0.5) is 18.0 Å². The maximum absolute atomic E-state index is 12.8. The summed E-state index contributed by atoms with van der Waals surface area (Å²) in [4.78, 5) is 11.9. The van der Waals surface area contributed by atoms with E-state index in [2.05, 4.69) is 24.5 Å². The first-order valence-corrected chi connectivity index (χ1v) is 8.44. The average molecular weight is 338 g/mol. The van der Waals surface area contributed by atoms with Crippen molar-refractivity contribution in [3.05, 3.63) is 0 Å². The van der Waals surface area contributed by atoms with Gasteiger partial charge in [-0.05, 0) is 43.9 Å². The Morgan fingerprint density at radius 3 is 2.57 bits per heavy atom. The van der Waals surface area contributed by atoms with Gasteiger partial charge in [-0.25, -0.2) is 4.79 Å². The quantitative estimate of drug-likeness (QED) is 0.666. The van der Waals surface area contributed by atoms with Crippen molar-refractivity contribution < 1.29 is 23.1 Å². The number of alkyl halides is 3. The van der Waals surface area contributed by atoms with Crippen LogP contribution >= 0.6 is 0 Å². The lowest BCUT2D eigenvalue weighted by atomic mass is 9.85. The van der Waals surface area contributed by atoms with Gasteiger partial charge in [0.1, 0.15) is 0 Å². The number of hydrogen-bond donors (Lipinski definition) is 3. The SMILES string of the molecule is CC(C)CC(CCO)CNC(=O)NC1CCCC(C(F)(F)F)C1. The van der Waals surface area contributed by atoms with E-state index in [1.807, 2.05) is 0 Å². The third-order valence-corrected chi connectivity index (χ3v) is 4.37. The van der Waals surface area contributed by atoms with Gasteiger partial charge in [-0.2, -0.15) is 13.2 Å². The van der Waals surface area contributed by atoms with Gasteiger partial charge in [0.2, 0.25) is 0 Å². The van der Waals surface area contributed by atoms with Crippen LogP contribution in [-0.2, 0) is 0 Å². The Balaban J connectivity index is 2.37. The zero-order valence-electron chi connectivity index (χ0n) is 14.0. The summed E-state index contributed by atoms with van der Waals surface area (Å²) in [6.45, 7) is 4.64. The molecule has 1 fully saturated rings. The van der Waals surface area contributed by atoms with Crippen LogP contribution in [0.2, 0.25) is 0 Å². The Hall–Kier alpha value is -0.980. The van der Waals surface area contributed by atoms with Gasteiger partial charge < -0.3 is 15.7 Å². The molecule has 23 heavy (non-hydrogen) atoms. The summed E-state index contributed by atoms with van der Waals surface area (Å²) in [6, 6.07) is -0.832. The Bertz CT molecular complexity index is 362. The molecule has 3 unspecified atom stereocenters. The molecule has 3 N–H and O–H groups in total. The van der Waals surface area contributed by atoms with Crippen molar-refractivity contribution in [1.82, 2.24) is 10.6 Å². The highest BCUT2D eigenvalue weighted by Gasteiger charge is 2.42. The van der Waals surface area contributed by atoms with E-state index in [9.17, 15) is 18.0 Å². The fourth-order valence-corrected chi connectivity index (χ4v) is 3.24. The van der Waals surface area contributed by atoms with Gasteiger partial charge in [0.25, 0.3) is 0 Å². The predicted octanol–water partition coefficient (Wildman–Crippen LogP) is 3.45. The molecule has 1 saturated carbocycles. The Kier molecular flexibility index (Phi) is 8.16. The predicted molar refractivity (Wildman–Crippen MR) is 83.0 cm³/mol. The number of rotatable bonds is 7. The van der Waals surface area contributed by atoms with Crippen molar-refractivity contribution in [2.75, 3.05) is 13.2 Å². The Labute approximate surface area is 136 Å². The minimum Gasteiger partial charge on any atom is -0.396 e. The minimum atomic E-state index is -4.18. The lowest BCUT2D eigenvalue weighted by Crippen LogP contribution is -2.46. The largest absolute Gasteiger partial charge is 0.396 e. The van der Waals surface area contributed by atoms with Crippen LogP contribution in [0.3, 0.4) is 0 Å². The molecular weight excluding hydrogens is 309 g/mol. The standard InChI is InChI=1S/C16H29F3N2O2/c1-11(2)8-12(6-7-22)10-20-15(23)21-14-5-3-4-13(9-14)16(17,18)19/h11-14,22H,3-10H2,1-2H3,(H2,20,21,23). The highest BCUT2D eigenvalue weighted by atomic mass is 19.4. The molecule has 0 spiro atoms. The Morgan fingerprint density at radius 1 is 1.30 bits per heavy atom. The van der Waals surface area contributed by atoms with E-state index in [1.54, 1.807) is 0 Å². The number of nitrogens with one attached hydrogen (secondary N) is 2. The van der Waals surface area contributed by atoms with Crippen LogP contribution in [0.5, 0.6) is 0 Å². The number of carbonyl (C=O) groups excluding carboxylic acids is 1. The van der Waals surface area contributed by atoms with Crippen molar-refractivity contribution >= 4 is 6.03 Å². The molecule has 0 radical (unpaired) electrons. The van der Waals surface area contributed by atoms with Gasteiger partial charge in [-0.3, -0.25) is 0 Å². The van der Waals surface area contributed by atoms with E-state index >= 15 is 0 Å². The summed E-state index contributed by atoms with van der Waals surface area (Å²) in [7, 11) is 0. The number of aliphatic hydroxyl groups excluding tert-OH is 1. The fourth-order valence-electron chi connectivity index (χ4n) is 3.24. The zero-order chi connectivity index (χ0) is 17.5. The number of aliphatic hydroxyl groups is 1. The van der Waals surface area contributed by atoms with Crippen LogP contribution in [0.1, 0.15) is 52.4 Å². The molecule has 0 aliphatic heterocycles. The number of halogens is 3. The molecule has 1 rings (SSSR count). The molecule has 0 saturated heterocycles. The maximum atomic E-state index is 12.8. The summed E-state index contributed by atoms with van der Waals surface area (Å²) in [5.74, 6) is -0.674. The molecule has 0 heterocycles. The summed E-state index contributed by atoms with van der Waals surface area (Å²) in [6.07, 6.45) is -1.50. The van der Waals surface area contributed by atoms with Gasteiger partial charge in [0.15, 0.2) is 0 Å². The normalized spacial score (nSPS) is 23.6. The first-order chi connectivity index (χ1) is 10.7. The van der Waals surface area contributed by atoms with Crippen LogP contribution < -0.4 is 10.6 Å². The van der Waals surface area contributed by atoms with Crippen molar-refractivity contribution in [2.45, 2.75) is 64.6 Å². The van der Waals surface area contributed by atoms with Gasteiger partial charge in [0, 0.05) is 19.2 Å². The van der Waals surface area contributed by atoms with Gasteiger partial charge in [-0.15, -0.1) is 0 Å². The number of amides is 2. The second-order valence-corrected chi connectivity index (χ2v) is 6.96. The number of carbonyl (C=O) groups is 1. The fraction of sp³-hybridized carbons (Fsp3) is 0.938. The second kappa shape index (κ2) is 9.35. The van der Waals surface area contributed by atoms with Crippen molar-refractivity contribution in [2.24, 2.45) is 17.8 Å². The summed E-state index contributed by atoms with van der Waals surface area (Å²) in [5, 5.41) is 14.4. The monoisotopic (exact) mass is 338 g/mol. The molecule has 0 aromatic carbocycles. The molecule has 0 bridgehead atoms. The van der Waals surface area contributed by atoms with E-state index in [0.717, 1.165) is 6.42 Å². The summed E-state index contributed by atoms with van der Waals surface area (Å²) in [5.41, 5.74) is 0. The minimum absolute atomic E-state index is 0.0387. The van der Waals surface area contributed by atoms with E-state index in [0.29, 0.717) is 31.7 Å². The molecule has 7 heteroatoms. The second-order valence-electron chi connectivity index (χ2n) is 6.96. The van der Waals surface area contributed by atoms with E-state index in [4.69, 9.17) is 5.11 Å². The molecule has 3 atom stereocenters. The third kappa shape index (κ3) is 7.90. The maximum Gasteiger partial charge on any atom is 0.391 e. The van der Waals surface area contributed by atoms with Gasteiger partial charge in [0.05, 0.1) is 5.92 Å². The highest BCUT2D eigenvalue weighted by Crippen LogP contribution is 2.37. The molecule has 0 aromatic rings.